The number of carboxylic acid groups (broad SMARTS) is 1. The second-order valence-corrected chi connectivity index (χ2v) is 9.67. The van der Waals surface area contributed by atoms with E-state index in [-0.39, 0.29) is 23.9 Å². The van der Waals surface area contributed by atoms with Crippen LogP contribution in [0.4, 0.5) is 4.39 Å². The van der Waals surface area contributed by atoms with E-state index in [0.29, 0.717) is 18.6 Å². The molecule has 3 aromatic carbocycles. The lowest BCUT2D eigenvalue weighted by Gasteiger charge is -2.24. The lowest BCUT2D eigenvalue weighted by atomic mass is 9.91. The molecule has 0 radical (unpaired) electrons. The topological polar surface area (TPSA) is 76.1 Å². The van der Waals surface area contributed by atoms with Gasteiger partial charge in [0, 0.05) is 19.4 Å². The van der Waals surface area contributed by atoms with Crippen LogP contribution in [-0.2, 0) is 35.4 Å². The molecular weight excluding hydrogens is 485 g/mol. The maximum atomic E-state index is 13.9. The van der Waals surface area contributed by atoms with Gasteiger partial charge in [-0.25, -0.2) is 4.39 Å². The predicted molar refractivity (Wildman–Crippen MR) is 134 cm³/mol. The third-order valence-electron chi connectivity index (χ3n) is 6.17. The molecule has 1 atom stereocenters. The van der Waals surface area contributed by atoms with Gasteiger partial charge in [-0.15, -0.1) is 0 Å². The summed E-state index contributed by atoms with van der Waals surface area (Å²) in [5.74, 6) is -0.415. The number of benzene rings is 3. The molecule has 1 N–H and O–H groups in total. The third kappa shape index (κ3) is 6.15. The number of fused-ring (bicyclic) bond motifs is 1. The van der Waals surface area contributed by atoms with Crippen molar-refractivity contribution in [2.45, 2.75) is 38.3 Å². The van der Waals surface area contributed by atoms with Crippen molar-refractivity contribution in [3.05, 3.63) is 93.8 Å². The molecule has 1 unspecified atom stereocenters. The zero-order valence-corrected chi connectivity index (χ0v) is 20.8. The molecule has 8 heteroatoms. The first-order valence-corrected chi connectivity index (χ1v) is 11.9. The van der Waals surface area contributed by atoms with Gasteiger partial charge in [0.15, 0.2) is 0 Å². The Kier molecular flexibility index (Phi) is 7.50. The number of rotatable bonds is 9. The molecule has 36 heavy (non-hydrogen) atoms. The molecule has 1 aliphatic heterocycles. The summed E-state index contributed by atoms with van der Waals surface area (Å²) in [6, 6.07) is 17.5. The van der Waals surface area contributed by atoms with Gasteiger partial charge >= 0.3 is 5.97 Å². The van der Waals surface area contributed by atoms with Crippen LogP contribution >= 0.6 is 11.6 Å². The minimum atomic E-state index is -1.08. The molecule has 188 valence electrons. The van der Waals surface area contributed by atoms with Crippen molar-refractivity contribution >= 4 is 23.5 Å². The van der Waals surface area contributed by atoms with Gasteiger partial charge in [0.1, 0.15) is 29.5 Å². The fraction of sp³-hybridized carbons (Fsp3) is 0.286. The summed E-state index contributed by atoms with van der Waals surface area (Å²) < 4.78 is 25.2. The zero-order chi connectivity index (χ0) is 25.9. The van der Waals surface area contributed by atoms with E-state index in [2.05, 4.69) is 0 Å². The average molecular weight is 512 g/mol. The number of hydrogen-bond acceptors (Lipinski definition) is 4. The highest BCUT2D eigenvalue weighted by Gasteiger charge is 2.35. The summed E-state index contributed by atoms with van der Waals surface area (Å²) in [5.41, 5.74) is 2.76. The average Bonchev–Trinajstić information content (AvgIpc) is 3.16. The number of carbonyl (C=O) groups is 2. The molecule has 0 spiro atoms. The van der Waals surface area contributed by atoms with E-state index in [0.717, 1.165) is 28.0 Å². The number of nitrogens with zero attached hydrogens (tertiary/aromatic N) is 1. The zero-order valence-electron chi connectivity index (χ0n) is 20.1. The molecule has 0 bridgehead atoms. The Bertz CT molecular complexity index is 1280. The summed E-state index contributed by atoms with van der Waals surface area (Å²) in [5, 5.41) is 9.42. The second kappa shape index (κ2) is 10.6. The molecular formula is C28H27ClFNO5. The number of ether oxygens (including phenoxy) is 2. The molecule has 1 aliphatic rings. The monoisotopic (exact) mass is 511 g/mol. The maximum absolute atomic E-state index is 13.9. The fourth-order valence-electron chi connectivity index (χ4n) is 4.50. The molecule has 1 heterocycles. The molecule has 4 rings (SSSR count). The summed E-state index contributed by atoms with van der Waals surface area (Å²) >= 11 is 5.80. The smallest absolute Gasteiger partial charge is 0.323 e. The maximum Gasteiger partial charge on any atom is 0.323 e. The number of amides is 1. The molecule has 0 aromatic heterocycles. The van der Waals surface area contributed by atoms with Crippen molar-refractivity contribution in [3.63, 3.8) is 0 Å². The second-order valence-electron chi connectivity index (χ2n) is 9.26. The number of aliphatic carboxylic acids is 1. The van der Waals surface area contributed by atoms with E-state index in [1.54, 1.807) is 37.4 Å². The SMILES string of the molecule is COc1ccc(CN(CC(=O)O)C(=O)Cc2ccc3c(c2)CC(C)(Cc2ccc(Cl)c(F)c2)O3)cc1. The first kappa shape index (κ1) is 25.5. The Morgan fingerprint density at radius 3 is 2.44 bits per heavy atom. The minimum Gasteiger partial charge on any atom is -0.497 e. The lowest BCUT2D eigenvalue weighted by molar-refractivity contribution is -0.144. The molecule has 1 amide bonds. The van der Waals surface area contributed by atoms with Gasteiger partial charge in [-0.05, 0) is 59.5 Å². The number of carboxylic acids is 1. The highest BCUT2D eigenvalue weighted by molar-refractivity contribution is 6.30. The third-order valence-corrected chi connectivity index (χ3v) is 6.48. The van der Waals surface area contributed by atoms with E-state index < -0.39 is 23.9 Å². The van der Waals surface area contributed by atoms with Crippen molar-refractivity contribution in [2.24, 2.45) is 0 Å². The Hall–Kier alpha value is -3.58. The number of carbonyl (C=O) groups excluding carboxylic acids is 1. The van der Waals surface area contributed by atoms with Crippen molar-refractivity contribution in [2.75, 3.05) is 13.7 Å². The molecule has 6 nitrogen and oxygen atoms in total. The molecule has 3 aromatic rings. The predicted octanol–water partition coefficient (Wildman–Crippen LogP) is 5.08. The van der Waals surface area contributed by atoms with Gasteiger partial charge < -0.3 is 19.5 Å². The largest absolute Gasteiger partial charge is 0.497 e. The fourth-order valence-corrected chi connectivity index (χ4v) is 4.62. The van der Waals surface area contributed by atoms with Gasteiger partial charge in [0.25, 0.3) is 0 Å². The molecule has 0 saturated heterocycles. The Morgan fingerprint density at radius 2 is 1.78 bits per heavy atom. The van der Waals surface area contributed by atoms with Crippen LogP contribution in [0.3, 0.4) is 0 Å². The Morgan fingerprint density at radius 1 is 1.08 bits per heavy atom. The summed E-state index contributed by atoms with van der Waals surface area (Å²) in [6.07, 6.45) is 1.16. The van der Waals surface area contributed by atoms with Crippen LogP contribution in [0, 0.1) is 5.82 Å². The van der Waals surface area contributed by atoms with Gasteiger partial charge in [0.05, 0.1) is 18.6 Å². The highest BCUT2D eigenvalue weighted by Crippen LogP contribution is 2.38. The molecule has 0 aliphatic carbocycles. The van der Waals surface area contributed by atoms with Crippen LogP contribution in [0.5, 0.6) is 11.5 Å². The standard InChI is InChI=1S/C28H27ClFNO5/c1-28(14-20-5-9-23(29)24(30)12-20)15-21-11-19(6-10-25(21)36-28)13-26(32)31(17-27(33)34)16-18-3-7-22(35-2)8-4-18/h3-12H,13-17H2,1-2H3,(H,33,34). The number of methoxy groups -OCH3 is 1. The summed E-state index contributed by atoms with van der Waals surface area (Å²) in [4.78, 5) is 25.8. The normalized spacial score (nSPS) is 16.2. The van der Waals surface area contributed by atoms with E-state index in [1.807, 2.05) is 25.1 Å². The first-order chi connectivity index (χ1) is 17.1. The Balaban J connectivity index is 1.44. The summed E-state index contributed by atoms with van der Waals surface area (Å²) in [7, 11) is 1.57. The van der Waals surface area contributed by atoms with Gasteiger partial charge in [0.2, 0.25) is 5.91 Å². The lowest BCUT2D eigenvalue weighted by Crippen LogP contribution is -2.36. The van der Waals surface area contributed by atoms with Crippen molar-refractivity contribution in [1.29, 1.82) is 0 Å². The van der Waals surface area contributed by atoms with Gasteiger partial charge in [-0.1, -0.05) is 41.9 Å². The van der Waals surface area contributed by atoms with Gasteiger partial charge in [-0.3, -0.25) is 9.59 Å². The van der Waals surface area contributed by atoms with Crippen LogP contribution in [0.25, 0.3) is 0 Å². The first-order valence-electron chi connectivity index (χ1n) is 11.5. The van der Waals surface area contributed by atoms with Crippen LogP contribution in [0.1, 0.15) is 29.2 Å². The van der Waals surface area contributed by atoms with Gasteiger partial charge in [-0.2, -0.15) is 0 Å². The van der Waals surface area contributed by atoms with Crippen LogP contribution in [-0.4, -0.2) is 41.1 Å². The van der Waals surface area contributed by atoms with E-state index in [4.69, 9.17) is 21.1 Å². The molecule has 0 saturated carbocycles. The van der Waals surface area contributed by atoms with Crippen molar-refractivity contribution < 1.29 is 28.6 Å². The van der Waals surface area contributed by atoms with Crippen LogP contribution < -0.4 is 9.47 Å². The number of hydrogen-bond donors (Lipinski definition) is 1. The highest BCUT2D eigenvalue weighted by atomic mass is 35.5. The van der Waals surface area contributed by atoms with E-state index >= 15 is 0 Å². The molecule has 0 fully saturated rings. The van der Waals surface area contributed by atoms with Crippen LogP contribution in [0.15, 0.2) is 60.7 Å². The van der Waals surface area contributed by atoms with Crippen molar-refractivity contribution in [1.82, 2.24) is 4.90 Å². The quantitative estimate of drug-likeness (QED) is 0.433. The Labute approximate surface area is 214 Å². The number of halogens is 2. The van der Waals surface area contributed by atoms with Crippen molar-refractivity contribution in [3.8, 4) is 11.5 Å². The minimum absolute atomic E-state index is 0.0653. The van der Waals surface area contributed by atoms with E-state index in [9.17, 15) is 19.1 Å². The van der Waals surface area contributed by atoms with E-state index in [1.165, 1.54) is 17.0 Å². The summed E-state index contributed by atoms with van der Waals surface area (Å²) in [6.45, 7) is 1.75. The van der Waals surface area contributed by atoms with Crippen LogP contribution in [0.2, 0.25) is 5.02 Å².